The number of ether oxygens (including phenoxy) is 1. The minimum Gasteiger partial charge on any atom is -0.465 e. The molecule has 3 heterocycles. The molecule has 30 heavy (non-hydrogen) atoms. The van der Waals surface area contributed by atoms with Crippen LogP contribution in [-0.4, -0.2) is 44.3 Å². The summed E-state index contributed by atoms with van der Waals surface area (Å²) in [6, 6.07) is 2.44. The predicted molar refractivity (Wildman–Crippen MR) is 117 cm³/mol. The molecule has 0 bridgehead atoms. The number of esters is 1. The van der Waals surface area contributed by atoms with Crippen molar-refractivity contribution < 1.29 is 22.7 Å². The van der Waals surface area contributed by atoms with E-state index in [-0.39, 0.29) is 4.21 Å². The second kappa shape index (κ2) is 8.41. The van der Waals surface area contributed by atoms with Crippen molar-refractivity contribution in [3.8, 4) is 0 Å². The summed E-state index contributed by atoms with van der Waals surface area (Å²) < 4.78 is 32.4. The van der Waals surface area contributed by atoms with Crippen LogP contribution in [0.1, 0.15) is 47.0 Å². The van der Waals surface area contributed by atoms with Crippen LogP contribution < -0.4 is 5.32 Å². The lowest BCUT2D eigenvalue weighted by molar-refractivity contribution is -0.119. The van der Waals surface area contributed by atoms with Crippen molar-refractivity contribution in [2.24, 2.45) is 5.92 Å². The second-order valence-electron chi connectivity index (χ2n) is 7.74. The van der Waals surface area contributed by atoms with E-state index >= 15 is 0 Å². The number of fused-ring (bicyclic) bond motifs is 1. The Morgan fingerprint density at radius 2 is 2.10 bits per heavy atom. The number of nitrogens with zero attached hydrogens (tertiary/aromatic N) is 1. The monoisotopic (exact) mass is 468 g/mol. The number of carbonyl (C=O) groups is 2. The average molecular weight is 469 g/mol. The number of carbonyl (C=O) groups excluding carboxylic acids is 2. The highest BCUT2D eigenvalue weighted by atomic mass is 32.2. The molecule has 1 aliphatic carbocycles. The molecule has 2 aromatic rings. The molecule has 10 heteroatoms. The van der Waals surface area contributed by atoms with Crippen molar-refractivity contribution in [1.29, 1.82) is 0 Å². The Morgan fingerprint density at radius 1 is 1.30 bits per heavy atom. The third kappa shape index (κ3) is 3.81. The number of sulfonamides is 1. The zero-order valence-electron chi connectivity index (χ0n) is 16.8. The molecule has 2 unspecified atom stereocenters. The Hall–Kier alpha value is -1.75. The van der Waals surface area contributed by atoms with Gasteiger partial charge in [0.15, 0.2) is 0 Å². The number of methoxy groups -OCH3 is 1. The molecule has 0 spiro atoms. The summed E-state index contributed by atoms with van der Waals surface area (Å²) in [5.74, 6) is -0.345. The van der Waals surface area contributed by atoms with Crippen molar-refractivity contribution >= 4 is 49.6 Å². The van der Waals surface area contributed by atoms with E-state index in [1.807, 2.05) is 0 Å². The summed E-state index contributed by atoms with van der Waals surface area (Å²) in [5, 5.41) is 5.03. The Kier molecular flexibility index (Phi) is 6.02. The Morgan fingerprint density at radius 3 is 2.80 bits per heavy atom. The number of anilines is 1. The minimum absolute atomic E-state index is 0.234. The number of rotatable bonds is 5. The van der Waals surface area contributed by atoms with Gasteiger partial charge in [-0.15, -0.1) is 22.7 Å². The highest BCUT2D eigenvalue weighted by Crippen LogP contribution is 2.40. The first-order chi connectivity index (χ1) is 14.3. The average Bonchev–Trinajstić information content (AvgIpc) is 3.45. The maximum atomic E-state index is 13.1. The minimum atomic E-state index is -3.72. The van der Waals surface area contributed by atoms with E-state index < -0.39 is 27.9 Å². The molecule has 0 radical (unpaired) electrons. The van der Waals surface area contributed by atoms with E-state index in [9.17, 15) is 18.0 Å². The van der Waals surface area contributed by atoms with Crippen LogP contribution >= 0.6 is 22.7 Å². The van der Waals surface area contributed by atoms with Crippen LogP contribution in [0.3, 0.4) is 0 Å². The fourth-order valence-corrected chi connectivity index (χ4v) is 8.35. The molecule has 2 aliphatic rings. The molecule has 162 valence electrons. The van der Waals surface area contributed by atoms with Gasteiger partial charge >= 0.3 is 5.97 Å². The lowest BCUT2D eigenvalue weighted by atomic mass is 9.88. The molecule has 1 amide bonds. The number of thiophene rings is 2. The summed E-state index contributed by atoms with van der Waals surface area (Å²) in [4.78, 5) is 26.7. The third-order valence-corrected chi connectivity index (χ3v) is 10.2. The van der Waals surface area contributed by atoms with Gasteiger partial charge in [0, 0.05) is 11.4 Å². The second-order valence-corrected chi connectivity index (χ2v) is 11.9. The van der Waals surface area contributed by atoms with Crippen LogP contribution in [0.5, 0.6) is 0 Å². The van der Waals surface area contributed by atoms with Gasteiger partial charge in [0.05, 0.1) is 12.7 Å². The first-order valence-corrected chi connectivity index (χ1v) is 13.1. The summed E-state index contributed by atoms with van der Waals surface area (Å²) in [6.45, 7) is 2.48. The Labute approximate surface area is 184 Å². The van der Waals surface area contributed by atoms with Gasteiger partial charge in [-0.25, -0.2) is 13.2 Å². The SMILES string of the molecule is COC(=O)c1c(NC(=O)C2CCCN2S(=O)(=O)c2cccs2)sc2c1CCC(C)C2. The number of amides is 1. The van der Waals surface area contributed by atoms with Gasteiger partial charge in [0.2, 0.25) is 5.91 Å². The van der Waals surface area contributed by atoms with Crippen molar-refractivity contribution in [3.05, 3.63) is 33.5 Å². The fourth-order valence-electron chi connectivity index (χ4n) is 4.17. The molecule has 1 N–H and O–H groups in total. The summed E-state index contributed by atoms with van der Waals surface area (Å²) in [5.41, 5.74) is 1.37. The van der Waals surface area contributed by atoms with Crippen LogP contribution in [0.4, 0.5) is 5.00 Å². The highest BCUT2D eigenvalue weighted by Gasteiger charge is 2.40. The van der Waals surface area contributed by atoms with Gasteiger partial charge in [0.25, 0.3) is 10.0 Å². The van der Waals surface area contributed by atoms with Crippen molar-refractivity contribution in [1.82, 2.24) is 4.31 Å². The first-order valence-electron chi connectivity index (χ1n) is 9.92. The normalized spacial score (nSPS) is 21.9. The molecule has 2 aromatic heterocycles. The maximum Gasteiger partial charge on any atom is 0.341 e. The van der Waals surface area contributed by atoms with Crippen LogP contribution in [0.15, 0.2) is 21.7 Å². The smallest absolute Gasteiger partial charge is 0.341 e. The molecule has 7 nitrogen and oxygen atoms in total. The number of hydrogen-bond acceptors (Lipinski definition) is 7. The van der Waals surface area contributed by atoms with Gasteiger partial charge < -0.3 is 10.1 Å². The van der Waals surface area contributed by atoms with Crippen LogP contribution in [0, 0.1) is 5.92 Å². The maximum absolute atomic E-state index is 13.1. The van der Waals surface area contributed by atoms with Crippen molar-refractivity contribution in [2.45, 2.75) is 49.3 Å². The zero-order valence-corrected chi connectivity index (χ0v) is 19.3. The summed E-state index contributed by atoms with van der Waals surface area (Å²) >= 11 is 2.55. The van der Waals surface area contributed by atoms with E-state index in [0.29, 0.717) is 35.9 Å². The van der Waals surface area contributed by atoms with Crippen molar-refractivity contribution in [2.75, 3.05) is 19.0 Å². The molecule has 1 fully saturated rings. The number of nitrogens with one attached hydrogen (secondary N) is 1. The quantitative estimate of drug-likeness (QED) is 0.678. The molecular weight excluding hydrogens is 444 g/mol. The molecule has 1 saturated heterocycles. The zero-order chi connectivity index (χ0) is 21.5. The van der Waals surface area contributed by atoms with E-state index in [1.54, 1.807) is 17.5 Å². The number of hydrogen-bond donors (Lipinski definition) is 1. The van der Waals surface area contributed by atoms with E-state index in [2.05, 4.69) is 12.2 Å². The van der Waals surface area contributed by atoms with Gasteiger partial charge in [-0.1, -0.05) is 13.0 Å². The third-order valence-electron chi connectivity index (χ3n) is 5.70. The topological polar surface area (TPSA) is 92.8 Å². The van der Waals surface area contributed by atoms with Crippen LogP contribution in [0.2, 0.25) is 0 Å². The Bertz CT molecular complexity index is 1060. The van der Waals surface area contributed by atoms with Gasteiger partial charge in [-0.2, -0.15) is 4.31 Å². The summed E-state index contributed by atoms with van der Waals surface area (Å²) in [6.07, 6.45) is 3.69. The van der Waals surface area contributed by atoms with E-state index in [0.717, 1.165) is 41.0 Å². The van der Waals surface area contributed by atoms with Gasteiger partial charge in [-0.3, -0.25) is 4.79 Å². The fraction of sp³-hybridized carbons (Fsp3) is 0.500. The van der Waals surface area contributed by atoms with Gasteiger partial charge in [0.1, 0.15) is 15.3 Å². The standard InChI is InChI=1S/C20H24N2O5S3/c1-12-7-8-13-15(11-12)29-19(17(13)20(24)27-2)21-18(23)14-5-3-9-22(14)30(25,26)16-6-4-10-28-16/h4,6,10,12,14H,3,5,7-9,11H2,1-2H3,(H,21,23). The highest BCUT2D eigenvalue weighted by molar-refractivity contribution is 7.91. The molecule has 2 atom stereocenters. The van der Waals surface area contributed by atoms with Crippen LogP contribution in [0.25, 0.3) is 0 Å². The molecular formula is C20H24N2O5S3. The van der Waals surface area contributed by atoms with Gasteiger partial charge in [-0.05, 0) is 55.0 Å². The largest absolute Gasteiger partial charge is 0.465 e. The lowest BCUT2D eigenvalue weighted by Gasteiger charge is -2.22. The molecule has 1 aliphatic heterocycles. The Balaban J connectivity index is 1.62. The van der Waals surface area contributed by atoms with Crippen LogP contribution in [-0.2, 0) is 32.4 Å². The van der Waals surface area contributed by atoms with E-state index in [1.165, 1.54) is 22.8 Å². The molecule has 0 saturated carbocycles. The molecule has 4 rings (SSSR count). The lowest BCUT2D eigenvalue weighted by Crippen LogP contribution is -2.42. The van der Waals surface area contributed by atoms with Crippen molar-refractivity contribution in [3.63, 3.8) is 0 Å². The summed E-state index contributed by atoms with van der Waals surface area (Å²) in [7, 11) is -2.39. The molecule has 0 aromatic carbocycles. The first kappa shape index (κ1) is 21.5. The predicted octanol–water partition coefficient (Wildman–Crippen LogP) is 3.51. The van der Waals surface area contributed by atoms with E-state index in [4.69, 9.17) is 4.74 Å².